The Kier molecular flexibility index (Phi) is 67.9. The van der Waals surface area contributed by atoms with E-state index < -0.39 is 12.1 Å². The van der Waals surface area contributed by atoms with Crippen molar-refractivity contribution in [3.8, 4) is 0 Å². The lowest BCUT2D eigenvalue weighted by molar-refractivity contribution is -0.143. The van der Waals surface area contributed by atoms with Gasteiger partial charge in [-0.3, -0.25) is 9.59 Å². The lowest BCUT2D eigenvalue weighted by Crippen LogP contribution is -2.45. The molecule has 0 heterocycles. The molecule has 0 spiro atoms. The van der Waals surface area contributed by atoms with Crippen molar-refractivity contribution in [1.29, 1.82) is 0 Å². The van der Waals surface area contributed by atoms with E-state index in [2.05, 4.69) is 19.2 Å². The van der Waals surface area contributed by atoms with Gasteiger partial charge in [-0.05, 0) is 32.1 Å². The third-order valence-corrected chi connectivity index (χ3v) is 17.3. The number of rotatable bonds is 69. The molecular weight excluding hydrogens is 971 g/mol. The molecular formula is C73H143NO5. The van der Waals surface area contributed by atoms with Crippen LogP contribution in [0.4, 0.5) is 0 Å². The second-order valence-corrected chi connectivity index (χ2v) is 25.3. The van der Waals surface area contributed by atoms with Gasteiger partial charge in [-0.2, -0.15) is 0 Å². The third kappa shape index (κ3) is 65.6. The van der Waals surface area contributed by atoms with E-state index in [1.807, 2.05) is 6.08 Å². The number of carbonyl (C=O) groups is 2. The van der Waals surface area contributed by atoms with Crippen LogP contribution >= 0.6 is 0 Å². The zero-order valence-electron chi connectivity index (χ0n) is 53.9. The summed E-state index contributed by atoms with van der Waals surface area (Å²) in [4.78, 5) is 24.6. The van der Waals surface area contributed by atoms with Crippen molar-refractivity contribution in [2.75, 3.05) is 13.2 Å². The molecule has 0 saturated heterocycles. The molecule has 0 aromatic heterocycles. The van der Waals surface area contributed by atoms with Gasteiger partial charge >= 0.3 is 5.97 Å². The standard InChI is InChI=1S/C73H143NO5/c1-3-5-7-9-11-13-15-17-18-19-20-21-29-32-35-38-42-45-49-53-57-61-65-71(76)70(69-75)74-72(77)66-62-58-54-50-46-43-39-36-33-30-27-25-23-22-24-26-28-31-34-37-40-44-48-52-56-60-64-68-79-73(78)67-63-59-55-51-47-41-16-14-12-10-8-6-4-2/h61,65,70-71,75-76H,3-60,62-64,66-69H2,1-2H3,(H,74,77)/b65-61+. The predicted octanol–water partition coefficient (Wildman–Crippen LogP) is 23.5. The van der Waals surface area contributed by atoms with Crippen molar-refractivity contribution >= 4 is 11.9 Å². The molecule has 6 nitrogen and oxygen atoms in total. The number of aliphatic hydroxyl groups excluding tert-OH is 2. The highest BCUT2D eigenvalue weighted by Gasteiger charge is 2.18. The van der Waals surface area contributed by atoms with Gasteiger partial charge in [0.25, 0.3) is 0 Å². The van der Waals surface area contributed by atoms with Crippen LogP contribution in [0.25, 0.3) is 0 Å². The van der Waals surface area contributed by atoms with Gasteiger partial charge in [-0.15, -0.1) is 0 Å². The average molecular weight is 1110 g/mol. The Morgan fingerprint density at radius 2 is 0.582 bits per heavy atom. The van der Waals surface area contributed by atoms with Crippen LogP contribution in [0.5, 0.6) is 0 Å². The summed E-state index contributed by atoms with van der Waals surface area (Å²) >= 11 is 0. The topological polar surface area (TPSA) is 95.9 Å². The van der Waals surface area contributed by atoms with Gasteiger partial charge in [0.1, 0.15) is 0 Å². The summed E-state index contributed by atoms with van der Waals surface area (Å²) < 4.78 is 5.49. The van der Waals surface area contributed by atoms with Crippen LogP contribution in [0.15, 0.2) is 12.2 Å². The maximum Gasteiger partial charge on any atom is 0.305 e. The van der Waals surface area contributed by atoms with E-state index in [-0.39, 0.29) is 18.5 Å². The number of amides is 1. The van der Waals surface area contributed by atoms with E-state index in [0.29, 0.717) is 19.4 Å². The highest BCUT2D eigenvalue weighted by Crippen LogP contribution is 2.19. The summed E-state index contributed by atoms with van der Waals surface area (Å²) in [6.07, 6.45) is 85.9. The molecule has 470 valence electrons. The zero-order chi connectivity index (χ0) is 57.1. The van der Waals surface area contributed by atoms with Gasteiger partial charge in [0.15, 0.2) is 0 Å². The maximum absolute atomic E-state index is 12.5. The van der Waals surface area contributed by atoms with E-state index in [0.717, 1.165) is 38.5 Å². The molecule has 1 amide bonds. The summed E-state index contributed by atoms with van der Waals surface area (Å²) in [5, 5.41) is 23.3. The monoisotopic (exact) mass is 1110 g/mol. The Labute approximate surface area is 495 Å². The fourth-order valence-corrected chi connectivity index (χ4v) is 11.8. The first-order valence-electron chi connectivity index (χ1n) is 36.5. The van der Waals surface area contributed by atoms with E-state index in [4.69, 9.17) is 4.74 Å². The second-order valence-electron chi connectivity index (χ2n) is 25.3. The Hall–Kier alpha value is -1.40. The molecule has 79 heavy (non-hydrogen) atoms. The Balaban J connectivity index is 3.37. The average Bonchev–Trinajstić information content (AvgIpc) is 3.45. The zero-order valence-corrected chi connectivity index (χ0v) is 53.9. The van der Waals surface area contributed by atoms with Gasteiger partial charge in [0, 0.05) is 12.8 Å². The normalized spacial score (nSPS) is 12.5. The molecule has 0 bridgehead atoms. The Bertz CT molecular complexity index is 1190. The van der Waals surface area contributed by atoms with Gasteiger partial charge < -0.3 is 20.3 Å². The van der Waals surface area contributed by atoms with Gasteiger partial charge in [-0.1, -0.05) is 386 Å². The SMILES string of the molecule is CCCCCCCCCCCCCCCCCCCCCC/C=C/C(O)C(CO)NC(=O)CCCCCCCCCCCCCCCCCCCCCCCCCCCCCOC(=O)CCCCCCCCCCCCCCC. The number of carbonyl (C=O) groups excluding carboxylic acids is 2. The summed E-state index contributed by atoms with van der Waals surface area (Å²) in [7, 11) is 0. The number of esters is 1. The highest BCUT2D eigenvalue weighted by molar-refractivity contribution is 5.76. The molecule has 0 saturated carbocycles. The van der Waals surface area contributed by atoms with Gasteiger partial charge in [0.2, 0.25) is 5.91 Å². The van der Waals surface area contributed by atoms with Crippen molar-refractivity contribution in [3.63, 3.8) is 0 Å². The predicted molar refractivity (Wildman–Crippen MR) is 347 cm³/mol. The van der Waals surface area contributed by atoms with Crippen LogP contribution in [-0.4, -0.2) is 47.4 Å². The lowest BCUT2D eigenvalue weighted by atomic mass is 10.0. The van der Waals surface area contributed by atoms with Crippen molar-refractivity contribution in [2.24, 2.45) is 0 Å². The number of nitrogens with one attached hydrogen (secondary N) is 1. The van der Waals surface area contributed by atoms with Crippen molar-refractivity contribution < 1.29 is 24.5 Å². The molecule has 0 fully saturated rings. The number of hydrogen-bond donors (Lipinski definition) is 3. The summed E-state index contributed by atoms with van der Waals surface area (Å²) in [6, 6.07) is -0.626. The summed E-state index contributed by atoms with van der Waals surface area (Å²) in [5.74, 6) is -0.0399. The largest absolute Gasteiger partial charge is 0.466 e. The van der Waals surface area contributed by atoms with Crippen molar-refractivity contribution in [2.45, 2.75) is 431 Å². The van der Waals surface area contributed by atoms with Crippen LogP contribution in [0, 0.1) is 0 Å². The van der Waals surface area contributed by atoms with E-state index >= 15 is 0 Å². The van der Waals surface area contributed by atoms with Crippen LogP contribution in [-0.2, 0) is 14.3 Å². The molecule has 0 radical (unpaired) electrons. The highest BCUT2D eigenvalue weighted by atomic mass is 16.5. The van der Waals surface area contributed by atoms with E-state index in [1.165, 1.54) is 353 Å². The first-order chi connectivity index (χ1) is 39.0. The quantitative estimate of drug-likeness (QED) is 0.0320. The first-order valence-corrected chi connectivity index (χ1v) is 36.5. The van der Waals surface area contributed by atoms with Crippen LogP contribution in [0.1, 0.15) is 418 Å². The van der Waals surface area contributed by atoms with Crippen molar-refractivity contribution in [1.82, 2.24) is 5.32 Å². The van der Waals surface area contributed by atoms with Crippen LogP contribution in [0.3, 0.4) is 0 Å². The smallest absolute Gasteiger partial charge is 0.305 e. The Morgan fingerprint density at radius 1 is 0.342 bits per heavy atom. The van der Waals surface area contributed by atoms with Crippen LogP contribution in [0.2, 0.25) is 0 Å². The molecule has 0 aliphatic heterocycles. The molecule has 0 aliphatic carbocycles. The van der Waals surface area contributed by atoms with Gasteiger partial charge in [-0.25, -0.2) is 0 Å². The first kappa shape index (κ1) is 77.6. The van der Waals surface area contributed by atoms with E-state index in [9.17, 15) is 19.8 Å². The number of aliphatic hydroxyl groups is 2. The molecule has 0 rings (SSSR count). The lowest BCUT2D eigenvalue weighted by Gasteiger charge is -2.20. The minimum absolute atomic E-state index is 0.0203. The fourth-order valence-electron chi connectivity index (χ4n) is 11.8. The maximum atomic E-state index is 12.5. The summed E-state index contributed by atoms with van der Waals surface area (Å²) in [6.45, 7) is 4.95. The van der Waals surface area contributed by atoms with E-state index in [1.54, 1.807) is 6.08 Å². The number of allylic oxidation sites excluding steroid dienone is 1. The molecule has 6 heteroatoms. The molecule has 0 aromatic rings. The minimum atomic E-state index is -0.843. The molecule has 0 aliphatic rings. The van der Waals surface area contributed by atoms with Crippen LogP contribution < -0.4 is 5.32 Å². The molecule has 2 atom stereocenters. The van der Waals surface area contributed by atoms with Crippen molar-refractivity contribution in [3.05, 3.63) is 12.2 Å². The number of hydrogen-bond acceptors (Lipinski definition) is 5. The Morgan fingerprint density at radius 3 is 0.861 bits per heavy atom. The molecule has 0 aromatic carbocycles. The fraction of sp³-hybridized carbons (Fsp3) is 0.945. The third-order valence-electron chi connectivity index (χ3n) is 17.3. The molecule has 2 unspecified atom stereocenters. The molecule has 3 N–H and O–H groups in total. The minimum Gasteiger partial charge on any atom is -0.466 e. The number of ether oxygens (including phenoxy) is 1. The summed E-state index contributed by atoms with van der Waals surface area (Å²) in [5.41, 5.74) is 0. The number of unbranched alkanes of at least 4 members (excludes halogenated alkanes) is 58. The second kappa shape index (κ2) is 69.1. The van der Waals surface area contributed by atoms with Gasteiger partial charge in [0.05, 0.1) is 25.4 Å².